The lowest BCUT2D eigenvalue weighted by atomic mass is 9.96. The van der Waals surface area contributed by atoms with Crippen LogP contribution in [0.4, 0.5) is 5.69 Å². The van der Waals surface area contributed by atoms with E-state index in [0.717, 1.165) is 19.5 Å². The van der Waals surface area contributed by atoms with Gasteiger partial charge in [0.05, 0.1) is 10.6 Å². The van der Waals surface area contributed by atoms with Gasteiger partial charge in [0, 0.05) is 24.9 Å². The van der Waals surface area contributed by atoms with Crippen LogP contribution in [0, 0.1) is 16.0 Å². The molecule has 1 fully saturated rings. The van der Waals surface area contributed by atoms with E-state index in [4.69, 9.17) is 0 Å². The topological polar surface area (TPSA) is 102 Å². The van der Waals surface area contributed by atoms with E-state index < -0.39 is 4.92 Å². The zero-order valence-electron chi connectivity index (χ0n) is 13.9. The zero-order chi connectivity index (χ0) is 17.6. The lowest BCUT2D eigenvalue weighted by Gasteiger charge is -2.22. The number of carbonyl (C=O) groups is 1. The van der Waals surface area contributed by atoms with Crippen LogP contribution in [0.2, 0.25) is 0 Å². The number of aromatic nitrogens is 2. The Balaban J connectivity index is 1.57. The summed E-state index contributed by atoms with van der Waals surface area (Å²) < 4.78 is 1.47. The van der Waals surface area contributed by atoms with E-state index in [-0.39, 0.29) is 11.6 Å². The van der Waals surface area contributed by atoms with Gasteiger partial charge in [0.1, 0.15) is 0 Å². The first kappa shape index (κ1) is 17.1. The summed E-state index contributed by atoms with van der Waals surface area (Å²) in [7, 11) is 0. The predicted molar refractivity (Wildman–Crippen MR) is 92.8 cm³/mol. The van der Waals surface area contributed by atoms with E-state index >= 15 is 0 Å². The van der Waals surface area contributed by atoms with Crippen LogP contribution in [-0.4, -0.2) is 40.2 Å². The summed E-state index contributed by atoms with van der Waals surface area (Å²) in [4.78, 5) is 22.6. The average molecular weight is 343 g/mol. The molecule has 2 aromatic rings. The van der Waals surface area contributed by atoms with Gasteiger partial charge in [-0.05, 0) is 50.4 Å². The van der Waals surface area contributed by atoms with E-state index in [2.05, 4.69) is 15.7 Å². The Kier molecular flexibility index (Phi) is 5.39. The third-order valence-electron chi connectivity index (χ3n) is 4.36. The molecule has 1 aromatic carbocycles. The van der Waals surface area contributed by atoms with Gasteiger partial charge in [-0.15, -0.1) is 0 Å². The number of nitrogens with zero attached hydrogens (tertiary/aromatic N) is 3. The van der Waals surface area contributed by atoms with Crippen molar-refractivity contribution in [3.8, 4) is 5.69 Å². The second-order valence-corrected chi connectivity index (χ2v) is 6.18. The van der Waals surface area contributed by atoms with Crippen LogP contribution >= 0.6 is 0 Å². The Morgan fingerprint density at radius 3 is 3.08 bits per heavy atom. The molecule has 1 amide bonds. The summed E-state index contributed by atoms with van der Waals surface area (Å²) in [5.41, 5.74) is 0.829. The Morgan fingerprint density at radius 2 is 2.32 bits per heavy atom. The van der Waals surface area contributed by atoms with Crippen LogP contribution in [0.25, 0.3) is 5.69 Å². The van der Waals surface area contributed by atoms with Crippen molar-refractivity contribution in [2.24, 2.45) is 5.92 Å². The number of piperidine rings is 1. The summed E-state index contributed by atoms with van der Waals surface area (Å²) in [5, 5.41) is 21.3. The molecule has 8 nitrogen and oxygen atoms in total. The van der Waals surface area contributed by atoms with Crippen molar-refractivity contribution in [3.05, 3.63) is 52.3 Å². The zero-order valence-corrected chi connectivity index (χ0v) is 13.9. The Hall–Kier alpha value is -2.74. The minimum absolute atomic E-state index is 0.0138. The van der Waals surface area contributed by atoms with Gasteiger partial charge in [-0.25, -0.2) is 4.68 Å². The molecule has 0 spiro atoms. The number of hydrogen-bond donors (Lipinski definition) is 2. The summed E-state index contributed by atoms with van der Waals surface area (Å²) in [6, 6.07) is 7.74. The highest BCUT2D eigenvalue weighted by Gasteiger charge is 2.15. The molecule has 1 aliphatic rings. The number of hydrogen-bond acceptors (Lipinski definition) is 5. The summed E-state index contributed by atoms with van der Waals surface area (Å²) in [6.07, 6.45) is 4.96. The smallest absolute Gasteiger partial charge is 0.271 e. The van der Waals surface area contributed by atoms with Crippen molar-refractivity contribution in [3.63, 3.8) is 0 Å². The summed E-state index contributed by atoms with van der Waals surface area (Å²) in [6.45, 7) is 2.71. The molecule has 25 heavy (non-hydrogen) atoms. The molecule has 3 rings (SSSR count). The number of amides is 1. The fraction of sp³-hybridized carbons (Fsp3) is 0.412. The van der Waals surface area contributed by atoms with Crippen LogP contribution in [0.3, 0.4) is 0 Å². The van der Waals surface area contributed by atoms with Crippen molar-refractivity contribution < 1.29 is 9.72 Å². The maximum atomic E-state index is 12.2. The van der Waals surface area contributed by atoms with Gasteiger partial charge in [0.15, 0.2) is 5.69 Å². The number of nitro groups is 1. The summed E-state index contributed by atoms with van der Waals surface area (Å²) in [5.74, 6) is 0.379. The molecule has 1 aromatic heterocycles. The molecule has 1 unspecified atom stereocenters. The molecule has 0 radical (unpaired) electrons. The van der Waals surface area contributed by atoms with Crippen molar-refractivity contribution in [1.82, 2.24) is 20.4 Å². The van der Waals surface area contributed by atoms with E-state index in [9.17, 15) is 14.9 Å². The van der Waals surface area contributed by atoms with Gasteiger partial charge in [-0.2, -0.15) is 5.10 Å². The molecule has 0 saturated carbocycles. The van der Waals surface area contributed by atoms with Crippen LogP contribution in [-0.2, 0) is 0 Å². The highest BCUT2D eigenvalue weighted by atomic mass is 16.6. The maximum Gasteiger partial charge on any atom is 0.271 e. The highest BCUT2D eigenvalue weighted by molar-refractivity contribution is 5.92. The number of nitrogens with one attached hydrogen (secondary N) is 2. The highest BCUT2D eigenvalue weighted by Crippen LogP contribution is 2.16. The molecule has 1 atom stereocenters. The SMILES string of the molecule is O=C(NCCC1CCCNC1)c1ccn(-c2cccc([N+](=O)[O-])c2)n1. The molecular weight excluding hydrogens is 322 g/mol. The number of benzene rings is 1. The van der Waals surface area contributed by atoms with Gasteiger partial charge in [0.25, 0.3) is 11.6 Å². The standard InChI is InChI=1S/C17H21N5O3/c23-17(19-9-6-13-3-2-8-18-12-13)16-7-10-21(20-16)14-4-1-5-15(11-14)22(24)25/h1,4-5,7,10-11,13,18H,2-3,6,8-9,12H2,(H,19,23). The molecule has 8 heteroatoms. The fourth-order valence-electron chi connectivity index (χ4n) is 2.99. The lowest BCUT2D eigenvalue weighted by Crippen LogP contribution is -2.33. The van der Waals surface area contributed by atoms with E-state index in [1.54, 1.807) is 24.4 Å². The lowest BCUT2D eigenvalue weighted by molar-refractivity contribution is -0.384. The average Bonchev–Trinajstić information content (AvgIpc) is 3.13. The molecule has 2 heterocycles. The van der Waals surface area contributed by atoms with Crippen LogP contribution in [0.15, 0.2) is 36.5 Å². The second kappa shape index (κ2) is 7.89. The van der Waals surface area contributed by atoms with E-state index in [1.165, 1.54) is 29.7 Å². The largest absolute Gasteiger partial charge is 0.351 e. The van der Waals surface area contributed by atoms with E-state index in [0.29, 0.717) is 23.8 Å². The van der Waals surface area contributed by atoms with Gasteiger partial charge in [0.2, 0.25) is 0 Å². The van der Waals surface area contributed by atoms with Gasteiger partial charge < -0.3 is 10.6 Å². The molecule has 1 aliphatic heterocycles. The first-order valence-corrected chi connectivity index (χ1v) is 8.43. The monoisotopic (exact) mass is 343 g/mol. The first-order chi connectivity index (χ1) is 12.1. The van der Waals surface area contributed by atoms with Crippen LogP contribution in [0.1, 0.15) is 29.8 Å². The Bertz CT molecular complexity index is 752. The number of rotatable bonds is 6. The Morgan fingerprint density at radius 1 is 1.44 bits per heavy atom. The van der Waals surface area contributed by atoms with E-state index in [1.807, 2.05) is 0 Å². The van der Waals surface area contributed by atoms with Gasteiger partial charge >= 0.3 is 0 Å². The van der Waals surface area contributed by atoms with Crippen molar-refractivity contribution >= 4 is 11.6 Å². The molecule has 0 bridgehead atoms. The van der Waals surface area contributed by atoms with Crippen molar-refractivity contribution in [1.29, 1.82) is 0 Å². The predicted octanol–water partition coefficient (Wildman–Crippen LogP) is 1.90. The molecule has 2 N–H and O–H groups in total. The maximum absolute atomic E-state index is 12.2. The third kappa shape index (κ3) is 4.42. The van der Waals surface area contributed by atoms with Crippen molar-refractivity contribution in [2.75, 3.05) is 19.6 Å². The second-order valence-electron chi connectivity index (χ2n) is 6.18. The number of carbonyl (C=O) groups excluding carboxylic acids is 1. The minimum Gasteiger partial charge on any atom is -0.351 e. The summed E-state index contributed by atoms with van der Waals surface area (Å²) >= 11 is 0. The van der Waals surface area contributed by atoms with Gasteiger partial charge in [-0.3, -0.25) is 14.9 Å². The fourth-order valence-corrected chi connectivity index (χ4v) is 2.99. The Labute approximate surface area is 145 Å². The molecule has 0 aliphatic carbocycles. The van der Waals surface area contributed by atoms with Gasteiger partial charge in [-0.1, -0.05) is 6.07 Å². The van der Waals surface area contributed by atoms with Crippen LogP contribution in [0.5, 0.6) is 0 Å². The molecule has 132 valence electrons. The number of non-ortho nitro benzene ring substituents is 1. The molecular formula is C17H21N5O3. The van der Waals surface area contributed by atoms with Crippen molar-refractivity contribution in [2.45, 2.75) is 19.3 Å². The molecule has 1 saturated heterocycles. The quantitative estimate of drug-likeness (QED) is 0.616. The normalized spacial score (nSPS) is 17.2. The van der Waals surface area contributed by atoms with Crippen LogP contribution < -0.4 is 10.6 Å². The minimum atomic E-state index is -0.458. The third-order valence-corrected chi connectivity index (χ3v) is 4.36. The first-order valence-electron chi connectivity index (χ1n) is 8.43. The number of nitro benzene ring substituents is 1.